The fourth-order valence-electron chi connectivity index (χ4n) is 4.44. The van der Waals surface area contributed by atoms with Crippen LogP contribution in [0.25, 0.3) is 22.6 Å². The first-order valence-corrected chi connectivity index (χ1v) is 12.2. The maximum atomic E-state index is 13.3. The number of esters is 1. The van der Waals surface area contributed by atoms with Gasteiger partial charge in [0.15, 0.2) is 6.61 Å². The van der Waals surface area contributed by atoms with Gasteiger partial charge in [0.25, 0.3) is 5.91 Å². The predicted octanol–water partition coefficient (Wildman–Crippen LogP) is 5.55. The molecule has 3 aromatic rings. The van der Waals surface area contributed by atoms with Crippen LogP contribution in [0.2, 0.25) is 0 Å². The first kappa shape index (κ1) is 25.1. The molecule has 0 unspecified atom stereocenters. The van der Waals surface area contributed by atoms with Gasteiger partial charge in [-0.3, -0.25) is 4.79 Å². The number of para-hydroxylation sites is 1. The molecule has 0 fully saturated rings. The van der Waals surface area contributed by atoms with Crippen molar-refractivity contribution in [2.24, 2.45) is 0 Å². The second kappa shape index (κ2) is 10.3. The Kier molecular flexibility index (Phi) is 7.21. The highest BCUT2D eigenvalue weighted by Gasteiger charge is 2.28. The van der Waals surface area contributed by atoms with E-state index in [9.17, 15) is 9.59 Å². The van der Waals surface area contributed by atoms with E-state index in [0.717, 1.165) is 39.7 Å². The van der Waals surface area contributed by atoms with Crippen molar-refractivity contribution in [1.29, 1.82) is 5.26 Å². The maximum absolute atomic E-state index is 13.3. The number of benzene rings is 2. The Morgan fingerprint density at radius 2 is 1.83 bits per heavy atom. The molecule has 1 aromatic heterocycles. The van der Waals surface area contributed by atoms with E-state index in [1.807, 2.05) is 30.3 Å². The lowest BCUT2D eigenvalue weighted by Crippen LogP contribution is -2.32. The molecule has 1 aliphatic rings. The summed E-state index contributed by atoms with van der Waals surface area (Å²) in [6, 6.07) is 18.1. The van der Waals surface area contributed by atoms with E-state index in [1.54, 1.807) is 7.05 Å². The van der Waals surface area contributed by atoms with Gasteiger partial charge in [-0.15, -0.1) is 0 Å². The van der Waals surface area contributed by atoms with Crippen LogP contribution < -0.4 is 0 Å². The van der Waals surface area contributed by atoms with Gasteiger partial charge in [0, 0.05) is 19.0 Å². The van der Waals surface area contributed by atoms with E-state index in [-0.39, 0.29) is 24.3 Å². The third kappa shape index (κ3) is 5.31. The fourth-order valence-corrected chi connectivity index (χ4v) is 4.44. The summed E-state index contributed by atoms with van der Waals surface area (Å²) < 4.78 is 5.46. The quantitative estimate of drug-likeness (QED) is 0.431. The molecule has 0 aliphatic heterocycles. The minimum absolute atomic E-state index is 0.0906. The van der Waals surface area contributed by atoms with Crippen LogP contribution in [-0.2, 0) is 21.4 Å². The minimum atomic E-state index is -0.525. The third-order valence-corrected chi connectivity index (χ3v) is 6.58. The Morgan fingerprint density at radius 1 is 1.11 bits per heavy atom. The molecule has 0 bridgehead atoms. The van der Waals surface area contributed by atoms with Crippen molar-refractivity contribution >= 4 is 34.4 Å². The summed E-state index contributed by atoms with van der Waals surface area (Å²) in [5, 5.41) is 9.45. The van der Waals surface area contributed by atoms with E-state index in [2.05, 4.69) is 51.1 Å². The van der Waals surface area contributed by atoms with Gasteiger partial charge < -0.3 is 9.64 Å². The zero-order valence-corrected chi connectivity index (χ0v) is 21.3. The van der Waals surface area contributed by atoms with Crippen LogP contribution in [0.3, 0.4) is 0 Å². The summed E-state index contributed by atoms with van der Waals surface area (Å²) in [5.74, 6) is -0.865. The zero-order chi connectivity index (χ0) is 25.9. The smallest absolute Gasteiger partial charge is 0.339 e. The largest absolute Gasteiger partial charge is 0.452 e. The number of likely N-dealkylation sites (N-methyl/N-ethyl adjacent to an activating group) is 1. The van der Waals surface area contributed by atoms with E-state index in [1.165, 1.54) is 10.5 Å². The van der Waals surface area contributed by atoms with Crippen molar-refractivity contribution in [3.05, 3.63) is 76.5 Å². The molecule has 6 heteroatoms. The molecule has 1 aliphatic carbocycles. The molecule has 0 saturated carbocycles. The van der Waals surface area contributed by atoms with Crippen LogP contribution in [0.15, 0.2) is 48.5 Å². The van der Waals surface area contributed by atoms with Gasteiger partial charge in [-0.2, -0.15) is 5.26 Å². The summed E-state index contributed by atoms with van der Waals surface area (Å²) in [7, 11) is 1.60. The Morgan fingerprint density at radius 3 is 2.53 bits per heavy atom. The molecule has 1 amide bonds. The second-order valence-corrected chi connectivity index (χ2v) is 10.2. The molecule has 4 rings (SSSR count). The van der Waals surface area contributed by atoms with Gasteiger partial charge in [-0.25, -0.2) is 9.78 Å². The van der Waals surface area contributed by atoms with Crippen LogP contribution >= 0.6 is 0 Å². The van der Waals surface area contributed by atoms with Crippen molar-refractivity contribution in [2.45, 2.75) is 45.4 Å². The number of nitriles is 1. The molecular formula is C30H31N3O3. The molecule has 0 N–H and O–H groups in total. The second-order valence-electron chi connectivity index (χ2n) is 10.2. The number of ether oxygens (including phenoxy) is 1. The topological polar surface area (TPSA) is 83.3 Å². The molecule has 36 heavy (non-hydrogen) atoms. The van der Waals surface area contributed by atoms with Crippen LogP contribution in [-0.4, -0.2) is 42.0 Å². The number of allylic oxidation sites excluding steroid dienone is 1. The summed E-state index contributed by atoms with van der Waals surface area (Å²) in [6.07, 6.45) is 3.82. The summed E-state index contributed by atoms with van der Waals surface area (Å²) >= 11 is 0. The van der Waals surface area contributed by atoms with Crippen LogP contribution in [0, 0.1) is 11.3 Å². The van der Waals surface area contributed by atoms with Gasteiger partial charge in [0.05, 0.1) is 29.3 Å². The van der Waals surface area contributed by atoms with Gasteiger partial charge in [-0.05, 0) is 52.7 Å². The number of hydrogen-bond acceptors (Lipinski definition) is 5. The number of hydrogen-bond donors (Lipinski definition) is 0. The average Bonchev–Trinajstić information content (AvgIpc) is 3.25. The molecule has 6 nitrogen and oxygen atoms in total. The molecule has 0 spiro atoms. The lowest BCUT2D eigenvalue weighted by Gasteiger charge is -2.18. The van der Waals surface area contributed by atoms with E-state index >= 15 is 0 Å². The van der Waals surface area contributed by atoms with Crippen molar-refractivity contribution in [2.75, 3.05) is 20.2 Å². The summed E-state index contributed by atoms with van der Waals surface area (Å²) in [5.41, 5.74) is 6.42. The number of aromatic nitrogens is 1. The standard InChI is InChI=1S/C30H31N3O3/c1-30(2,3)22-13-10-20(11-14-22)18-21-12-15-24-27(23-8-5-6-9-25(23)32-28(21)24)29(35)36-19-26(34)33(4)17-7-16-31/h5-6,8-11,13-14,18H,7,12,15,17,19H2,1-4H3/b21-18-. The minimum Gasteiger partial charge on any atom is -0.452 e. The predicted molar refractivity (Wildman–Crippen MR) is 141 cm³/mol. The van der Waals surface area contributed by atoms with Crippen molar-refractivity contribution < 1.29 is 14.3 Å². The zero-order valence-electron chi connectivity index (χ0n) is 21.3. The molecular weight excluding hydrogens is 450 g/mol. The lowest BCUT2D eigenvalue weighted by atomic mass is 9.86. The first-order chi connectivity index (χ1) is 17.2. The van der Waals surface area contributed by atoms with Crippen molar-refractivity contribution in [3.63, 3.8) is 0 Å². The number of carbonyl (C=O) groups excluding carboxylic acids is 2. The van der Waals surface area contributed by atoms with E-state index in [4.69, 9.17) is 15.0 Å². The fraction of sp³-hybridized carbons (Fsp3) is 0.333. The van der Waals surface area contributed by atoms with Gasteiger partial charge in [0.2, 0.25) is 0 Å². The van der Waals surface area contributed by atoms with Gasteiger partial charge in [-0.1, -0.05) is 63.2 Å². The highest BCUT2D eigenvalue weighted by Crippen LogP contribution is 2.38. The molecule has 184 valence electrons. The normalized spacial score (nSPS) is 13.9. The Labute approximate surface area is 212 Å². The maximum Gasteiger partial charge on any atom is 0.339 e. The number of rotatable bonds is 6. The molecule has 0 atom stereocenters. The number of carbonyl (C=O) groups is 2. The van der Waals surface area contributed by atoms with Crippen molar-refractivity contribution in [1.82, 2.24) is 9.88 Å². The highest BCUT2D eigenvalue weighted by molar-refractivity contribution is 6.07. The molecule has 0 saturated heterocycles. The van der Waals surface area contributed by atoms with E-state index in [0.29, 0.717) is 18.5 Å². The van der Waals surface area contributed by atoms with Crippen molar-refractivity contribution in [3.8, 4) is 6.07 Å². The Balaban J connectivity index is 1.65. The number of fused-ring (bicyclic) bond motifs is 2. The average molecular weight is 482 g/mol. The van der Waals surface area contributed by atoms with Crippen LogP contribution in [0.4, 0.5) is 0 Å². The summed E-state index contributed by atoms with van der Waals surface area (Å²) in [6.45, 7) is 6.52. The highest BCUT2D eigenvalue weighted by atomic mass is 16.5. The Bertz CT molecular complexity index is 1380. The third-order valence-electron chi connectivity index (χ3n) is 6.58. The Hall–Kier alpha value is -3.98. The summed E-state index contributed by atoms with van der Waals surface area (Å²) in [4.78, 5) is 31.9. The monoisotopic (exact) mass is 481 g/mol. The SMILES string of the molecule is CN(CCC#N)C(=O)COC(=O)c1c2c(nc3ccccc13)/C(=C\c1ccc(C(C)(C)C)cc1)CC2. The number of amides is 1. The lowest BCUT2D eigenvalue weighted by molar-refractivity contribution is -0.133. The van der Waals surface area contributed by atoms with Crippen LogP contribution in [0.5, 0.6) is 0 Å². The van der Waals surface area contributed by atoms with Gasteiger partial charge >= 0.3 is 5.97 Å². The number of pyridine rings is 1. The molecule has 0 radical (unpaired) electrons. The van der Waals surface area contributed by atoms with Crippen LogP contribution in [0.1, 0.15) is 66.4 Å². The first-order valence-electron chi connectivity index (χ1n) is 12.2. The van der Waals surface area contributed by atoms with Gasteiger partial charge in [0.1, 0.15) is 0 Å². The molecule has 1 heterocycles. The van der Waals surface area contributed by atoms with E-state index < -0.39 is 5.97 Å². The molecule has 2 aromatic carbocycles. The number of nitrogens with zero attached hydrogens (tertiary/aromatic N) is 3.